The second kappa shape index (κ2) is 3.18. The summed E-state index contributed by atoms with van der Waals surface area (Å²) in [5.41, 5.74) is 0.344. The monoisotopic (exact) mass is 269 g/mol. The Morgan fingerprint density at radius 2 is 1.91 bits per heavy atom. The van der Waals surface area contributed by atoms with Crippen molar-refractivity contribution in [2.75, 3.05) is 24.1 Å². The van der Waals surface area contributed by atoms with Crippen LogP contribution in [0.2, 0.25) is 0 Å². The number of halogens is 1. The van der Waals surface area contributed by atoms with Crippen LogP contribution in [0.5, 0.6) is 0 Å². The van der Waals surface area contributed by atoms with Crippen molar-refractivity contribution < 1.29 is 5.11 Å². The minimum absolute atomic E-state index is 0.0776. The van der Waals surface area contributed by atoms with Gasteiger partial charge in [0.25, 0.3) is 0 Å². The normalized spacial score (nSPS) is 44.7. The van der Waals surface area contributed by atoms with Crippen molar-refractivity contribution in [3.63, 3.8) is 0 Å². The summed E-state index contributed by atoms with van der Waals surface area (Å²) >= 11 is 2.40. The van der Waals surface area contributed by atoms with Gasteiger partial charge in [0.1, 0.15) is 0 Å². The molecule has 1 unspecified atom stereocenters. The van der Waals surface area contributed by atoms with Gasteiger partial charge in [-0.25, -0.2) is 0 Å². The van der Waals surface area contributed by atoms with Crippen LogP contribution < -0.4 is 5.32 Å². The van der Waals surface area contributed by atoms with Gasteiger partial charge in [-0.2, -0.15) is 0 Å². The van der Waals surface area contributed by atoms with Crippen LogP contribution in [-0.4, -0.2) is 29.2 Å². The first-order chi connectivity index (χ1) is 5.08. The highest BCUT2D eigenvalue weighted by Gasteiger charge is 2.47. The van der Waals surface area contributed by atoms with E-state index in [0.717, 1.165) is 17.5 Å². The Balaban J connectivity index is 2.79. The first-order valence-corrected chi connectivity index (χ1v) is 5.48. The molecule has 0 aromatic heterocycles. The zero-order valence-electron chi connectivity index (χ0n) is 7.15. The standard InChI is InChI=1S/C8H16INO/c1-7(3-9)4-10-5-8(7,2)6-11/h10-11H,3-6H2,1-2H3/t7-,8?/m0/s1. The van der Waals surface area contributed by atoms with Crippen LogP contribution >= 0.6 is 22.6 Å². The van der Waals surface area contributed by atoms with Crippen LogP contribution in [0.25, 0.3) is 0 Å². The van der Waals surface area contributed by atoms with Crippen LogP contribution in [-0.2, 0) is 0 Å². The van der Waals surface area contributed by atoms with E-state index < -0.39 is 0 Å². The summed E-state index contributed by atoms with van der Waals surface area (Å²) in [5, 5.41) is 12.6. The molecule has 0 aromatic carbocycles. The quantitative estimate of drug-likeness (QED) is 0.579. The summed E-state index contributed by atoms with van der Waals surface area (Å²) in [5.74, 6) is 0. The van der Waals surface area contributed by atoms with E-state index in [1.165, 1.54) is 0 Å². The highest BCUT2D eigenvalue weighted by Crippen LogP contribution is 2.42. The molecule has 3 heteroatoms. The third-order valence-electron chi connectivity index (χ3n) is 3.13. The van der Waals surface area contributed by atoms with E-state index in [0.29, 0.717) is 6.61 Å². The fraction of sp³-hybridized carbons (Fsp3) is 1.00. The molecule has 0 radical (unpaired) electrons. The lowest BCUT2D eigenvalue weighted by molar-refractivity contribution is 0.0719. The fourth-order valence-corrected chi connectivity index (χ4v) is 2.69. The number of aliphatic hydroxyl groups is 1. The van der Waals surface area contributed by atoms with E-state index in [9.17, 15) is 5.11 Å². The van der Waals surface area contributed by atoms with E-state index in [4.69, 9.17) is 0 Å². The maximum atomic E-state index is 9.25. The SMILES string of the molecule is CC1(CO)CNC[C@]1(C)CI. The molecule has 0 aromatic rings. The Kier molecular flexibility index (Phi) is 2.82. The summed E-state index contributed by atoms with van der Waals surface area (Å²) in [4.78, 5) is 0. The molecule has 0 amide bonds. The van der Waals surface area contributed by atoms with Crippen LogP contribution in [0.1, 0.15) is 13.8 Å². The zero-order valence-corrected chi connectivity index (χ0v) is 9.31. The molecule has 1 heterocycles. The van der Waals surface area contributed by atoms with Crippen molar-refractivity contribution >= 4 is 22.6 Å². The molecule has 1 saturated heterocycles. The molecule has 1 rings (SSSR count). The number of hydrogen-bond donors (Lipinski definition) is 2. The maximum absolute atomic E-state index is 9.25. The minimum atomic E-state index is 0.0776. The highest BCUT2D eigenvalue weighted by atomic mass is 127. The van der Waals surface area contributed by atoms with Gasteiger partial charge in [-0.1, -0.05) is 36.4 Å². The number of nitrogens with one attached hydrogen (secondary N) is 1. The van der Waals surface area contributed by atoms with Gasteiger partial charge < -0.3 is 10.4 Å². The number of hydrogen-bond acceptors (Lipinski definition) is 2. The molecule has 2 nitrogen and oxygen atoms in total. The van der Waals surface area contributed by atoms with E-state index in [2.05, 4.69) is 41.8 Å². The first-order valence-electron chi connectivity index (χ1n) is 3.95. The lowest BCUT2D eigenvalue weighted by atomic mass is 9.70. The topological polar surface area (TPSA) is 32.3 Å². The Labute approximate surface area is 81.9 Å². The molecule has 0 saturated carbocycles. The van der Waals surface area contributed by atoms with E-state index in [-0.39, 0.29) is 10.8 Å². The molecule has 1 fully saturated rings. The third-order valence-corrected chi connectivity index (χ3v) is 4.81. The Bertz CT molecular complexity index is 137. The van der Waals surface area contributed by atoms with E-state index in [1.807, 2.05) is 0 Å². The van der Waals surface area contributed by atoms with Crippen molar-refractivity contribution in [3.8, 4) is 0 Å². The fourth-order valence-electron chi connectivity index (χ4n) is 1.50. The number of aliphatic hydroxyl groups excluding tert-OH is 1. The van der Waals surface area contributed by atoms with Crippen LogP contribution in [0.15, 0.2) is 0 Å². The molecule has 1 aliphatic heterocycles. The van der Waals surface area contributed by atoms with Crippen molar-refractivity contribution in [2.24, 2.45) is 10.8 Å². The van der Waals surface area contributed by atoms with Crippen molar-refractivity contribution in [1.82, 2.24) is 5.32 Å². The Hall–Kier alpha value is 0.650. The predicted molar refractivity (Wildman–Crippen MR) is 55.1 cm³/mol. The zero-order chi connectivity index (χ0) is 8.54. The molecule has 1 aliphatic rings. The molecule has 66 valence electrons. The van der Waals surface area contributed by atoms with Crippen molar-refractivity contribution in [1.29, 1.82) is 0 Å². The minimum Gasteiger partial charge on any atom is -0.396 e. The lowest BCUT2D eigenvalue weighted by Crippen LogP contribution is -2.40. The average molecular weight is 269 g/mol. The van der Waals surface area contributed by atoms with Gasteiger partial charge in [-0.3, -0.25) is 0 Å². The molecular weight excluding hydrogens is 253 g/mol. The van der Waals surface area contributed by atoms with Gasteiger partial charge in [-0.05, 0) is 5.41 Å². The summed E-state index contributed by atoms with van der Waals surface area (Å²) < 4.78 is 1.11. The van der Waals surface area contributed by atoms with Crippen LogP contribution in [0.3, 0.4) is 0 Å². The number of rotatable bonds is 2. The predicted octanol–water partition coefficient (Wildman–Crippen LogP) is 1.03. The summed E-state index contributed by atoms with van der Waals surface area (Å²) in [6.07, 6.45) is 0. The summed E-state index contributed by atoms with van der Waals surface area (Å²) in [7, 11) is 0. The molecule has 11 heavy (non-hydrogen) atoms. The second-order valence-corrected chi connectivity index (χ2v) is 4.78. The van der Waals surface area contributed by atoms with Crippen LogP contribution in [0, 0.1) is 10.8 Å². The second-order valence-electron chi connectivity index (χ2n) is 4.02. The van der Waals surface area contributed by atoms with E-state index in [1.54, 1.807) is 0 Å². The third kappa shape index (κ3) is 1.42. The Morgan fingerprint density at radius 1 is 1.36 bits per heavy atom. The van der Waals surface area contributed by atoms with Gasteiger partial charge in [-0.15, -0.1) is 0 Å². The van der Waals surface area contributed by atoms with E-state index >= 15 is 0 Å². The first kappa shape index (κ1) is 9.74. The Morgan fingerprint density at radius 3 is 2.27 bits per heavy atom. The lowest BCUT2D eigenvalue weighted by Gasteiger charge is -2.37. The molecular formula is C8H16INO. The smallest absolute Gasteiger partial charge is 0.0502 e. The van der Waals surface area contributed by atoms with Gasteiger partial charge >= 0.3 is 0 Å². The molecule has 0 aliphatic carbocycles. The van der Waals surface area contributed by atoms with Crippen molar-refractivity contribution in [2.45, 2.75) is 13.8 Å². The molecule has 2 N–H and O–H groups in total. The summed E-state index contributed by atoms with van der Waals surface area (Å²) in [6.45, 7) is 6.68. The average Bonchev–Trinajstić information content (AvgIpc) is 2.31. The largest absolute Gasteiger partial charge is 0.396 e. The van der Waals surface area contributed by atoms with Gasteiger partial charge in [0.2, 0.25) is 0 Å². The summed E-state index contributed by atoms with van der Waals surface area (Å²) in [6, 6.07) is 0. The van der Waals surface area contributed by atoms with Crippen LogP contribution in [0.4, 0.5) is 0 Å². The number of alkyl halides is 1. The van der Waals surface area contributed by atoms with Gasteiger partial charge in [0.15, 0.2) is 0 Å². The van der Waals surface area contributed by atoms with Gasteiger partial charge in [0, 0.05) is 22.9 Å². The van der Waals surface area contributed by atoms with Crippen molar-refractivity contribution in [3.05, 3.63) is 0 Å². The maximum Gasteiger partial charge on any atom is 0.0502 e. The molecule has 2 atom stereocenters. The molecule has 0 bridgehead atoms. The molecule has 0 spiro atoms. The van der Waals surface area contributed by atoms with Gasteiger partial charge in [0.05, 0.1) is 6.61 Å². The highest BCUT2D eigenvalue weighted by molar-refractivity contribution is 14.1.